The molecule has 0 saturated heterocycles. The maximum absolute atomic E-state index is 12.7. The molecular weight excluding hydrogens is 418 g/mol. The second-order valence-corrected chi connectivity index (χ2v) is 8.64. The quantitative estimate of drug-likeness (QED) is 0.443. The molecule has 1 aromatic heterocycles. The van der Waals surface area contributed by atoms with Crippen molar-refractivity contribution in [2.45, 2.75) is 38.0 Å². The van der Waals surface area contributed by atoms with Crippen molar-refractivity contribution < 1.29 is 22.5 Å². The van der Waals surface area contributed by atoms with Crippen molar-refractivity contribution >= 4 is 27.4 Å². The van der Waals surface area contributed by atoms with E-state index in [2.05, 4.69) is 22.1 Å². The van der Waals surface area contributed by atoms with Crippen LogP contribution in [0.2, 0.25) is 0 Å². The molecule has 2 N–H and O–H groups in total. The van der Waals surface area contributed by atoms with Crippen molar-refractivity contribution in [3.63, 3.8) is 0 Å². The zero-order valence-electron chi connectivity index (χ0n) is 17.4. The molecule has 0 saturated carbocycles. The van der Waals surface area contributed by atoms with E-state index in [1.165, 1.54) is 30.3 Å². The van der Waals surface area contributed by atoms with Gasteiger partial charge in [0.25, 0.3) is 15.9 Å². The highest BCUT2D eigenvalue weighted by Crippen LogP contribution is 2.22. The summed E-state index contributed by atoms with van der Waals surface area (Å²) in [4.78, 5) is 12.7. The Morgan fingerprint density at radius 3 is 2.52 bits per heavy atom. The van der Waals surface area contributed by atoms with Gasteiger partial charge in [0.05, 0.1) is 17.1 Å². The van der Waals surface area contributed by atoms with Gasteiger partial charge in [-0.05, 0) is 49.7 Å². The molecule has 0 bridgehead atoms. The van der Waals surface area contributed by atoms with Gasteiger partial charge in [-0.15, -0.1) is 0 Å². The lowest BCUT2D eigenvalue weighted by molar-refractivity contribution is 0.102. The number of aromatic nitrogens is 1. The van der Waals surface area contributed by atoms with Gasteiger partial charge in [0.15, 0.2) is 5.82 Å². The minimum Gasteiger partial charge on any atom is -0.493 e. The molecule has 3 rings (SSSR count). The number of carbonyl (C=O) groups excluding carboxylic acids is 1. The SMILES string of the molecule is CCCCCOc1ccccc1C(=O)Nc1ccc(S(=O)(=O)Nc2cc(C)on2)cc1. The molecule has 0 radical (unpaired) electrons. The van der Waals surface area contributed by atoms with Gasteiger partial charge in [0.2, 0.25) is 0 Å². The van der Waals surface area contributed by atoms with Crippen LogP contribution in [0.15, 0.2) is 64.0 Å². The molecule has 164 valence electrons. The molecule has 8 nitrogen and oxygen atoms in total. The van der Waals surface area contributed by atoms with E-state index in [1.807, 2.05) is 6.07 Å². The Morgan fingerprint density at radius 2 is 1.84 bits per heavy atom. The molecule has 3 aromatic rings. The standard InChI is InChI=1S/C22H25N3O5S/c1-3-4-7-14-29-20-9-6-5-8-19(20)22(26)23-17-10-12-18(13-11-17)31(27,28)25-21-15-16(2)30-24-21/h5-6,8-13,15H,3-4,7,14H2,1-2H3,(H,23,26)(H,24,25). The third-order valence-electron chi connectivity index (χ3n) is 4.43. The zero-order valence-corrected chi connectivity index (χ0v) is 18.2. The highest BCUT2D eigenvalue weighted by atomic mass is 32.2. The number of sulfonamides is 1. The Kier molecular flexibility index (Phi) is 7.30. The molecule has 0 unspecified atom stereocenters. The van der Waals surface area contributed by atoms with Crippen molar-refractivity contribution in [2.75, 3.05) is 16.6 Å². The van der Waals surface area contributed by atoms with Gasteiger partial charge in [-0.3, -0.25) is 9.52 Å². The number of nitrogens with zero attached hydrogens (tertiary/aromatic N) is 1. The molecular formula is C22H25N3O5S. The number of ether oxygens (including phenoxy) is 1. The van der Waals surface area contributed by atoms with Crippen molar-refractivity contribution in [2.24, 2.45) is 0 Å². The van der Waals surface area contributed by atoms with Crippen LogP contribution in [0.5, 0.6) is 5.75 Å². The molecule has 9 heteroatoms. The molecule has 0 aliphatic carbocycles. The van der Waals surface area contributed by atoms with E-state index in [9.17, 15) is 13.2 Å². The predicted molar refractivity (Wildman–Crippen MR) is 118 cm³/mol. The van der Waals surface area contributed by atoms with Gasteiger partial charge in [-0.25, -0.2) is 8.42 Å². The number of unbranched alkanes of at least 4 members (excludes halogenated alkanes) is 2. The number of benzene rings is 2. The van der Waals surface area contributed by atoms with Gasteiger partial charge >= 0.3 is 0 Å². The van der Waals surface area contributed by atoms with Gasteiger partial charge < -0.3 is 14.6 Å². The first-order valence-corrected chi connectivity index (χ1v) is 11.5. The number of hydrogen-bond acceptors (Lipinski definition) is 6. The lowest BCUT2D eigenvalue weighted by Crippen LogP contribution is -2.15. The molecule has 0 spiro atoms. The van der Waals surface area contributed by atoms with Crippen LogP contribution < -0.4 is 14.8 Å². The first-order valence-electron chi connectivity index (χ1n) is 9.98. The predicted octanol–water partition coefficient (Wildman–Crippen LogP) is 4.61. The van der Waals surface area contributed by atoms with Crippen LogP contribution in [0.3, 0.4) is 0 Å². The van der Waals surface area contributed by atoms with E-state index in [1.54, 1.807) is 25.1 Å². The summed E-state index contributed by atoms with van der Waals surface area (Å²) in [6.07, 6.45) is 3.07. The van der Waals surface area contributed by atoms with Crippen LogP contribution in [0.4, 0.5) is 11.5 Å². The van der Waals surface area contributed by atoms with E-state index in [4.69, 9.17) is 9.26 Å². The van der Waals surface area contributed by atoms with E-state index in [-0.39, 0.29) is 16.6 Å². The summed E-state index contributed by atoms with van der Waals surface area (Å²) < 4.78 is 37.9. The zero-order chi connectivity index (χ0) is 22.3. The molecule has 0 aliphatic heterocycles. The second kappa shape index (κ2) is 10.1. The fraction of sp³-hybridized carbons (Fsp3) is 0.273. The number of amides is 1. The number of rotatable bonds is 10. The lowest BCUT2D eigenvalue weighted by Gasteiger charge is -2.12. The molecule has 2 aromatic carbocycles. The van der Waals surface area contributed by atoms with Gasteiger partial charge in [-0.1, -0.05) is 37.1 Å². The highest BCUT2D eigenvalue weighted by molar-refractivity contribution is 7.92. The number of anilines is 2. The molecule has 1 amide bonds. The fourth-order valence-electron chi connectivity index (χ4n) is 2.84. The number of nitrogens with one attached hydrogen (secondary N) is 2. The Balaban J connectivity index is 1.66. The van der Waals surface area contributed by atoms with Crippen molar-refractivity contribution in [1.82, 2.24) is 5.16 Å². The largest absolute Gasteiger partial charge is 0.493 e. The Morgan fingerprint density at radius 1 is 1.10 bits per heavy atom. The number of para-hydroxylation sites is 1. The molecule has 0 atom stereocenters. The summed E-state index contributed by atoms with van der Waals surface area (Å²) in [6.45, 7) is 4.32. The van der Waals surface area contributed by atoms with E-state index in [0.717, 1.165) is 19.3 Å². The van der Waals surface area contributed by atoms with Gasteiger partial charge in [-0.2, -0.15) is 0 Å². The molecule has 31 heavy (non-hydrogen) atoms. The highest BCUT2D eigenvalue weighted by Gasteiger charge is 2.17. The minimum atomic E-state index is -3.82. The van der Waals surface area contributed by atoms with Gasteiger partial charge in [0, 0.05) is 11.8 Å². The minimum absolute atomic E-state index is 0.0332. The number of carbonyl (C=O) groups is 1. The fourth-order valence-corrected chi connectivity index (χ4v) is 3.82. The Hall–Kier alpha value is -3.33. The second-order valence-electron chi connectivity index (χ2n) is 6.96. The average Bonchev–Trinajstić information content (AvgIpc) is 3.15. The lowest BCUT2D eigenvalue weighted by atomic mass is 10.2. The monoisotopic (exact) mass is 443 g/mol. The first kappa shape index (κ1) is 22.4. The van der Waals surface area contributed by atoms with Crippen LogP contribution in [-0.2, 0) is 10.0 Å². The molecule has 0 aliphatic rings. The van der Waals surface area contributed by atoms with Crippen LogP contribution in [0.1, 0.15) is 42.3 Å². The van der Waals surface area contributed by atoms with Crippen LogP contribution in [0, 0.1) is 6.92 Å². The van der Waals surface area contributed by atoms with Crippen molar-refractivity contribution in [3.8, 4) is 5.75 Å². The topological polar surface area (TPSA) is 111 Å². The van der Waals surface area contributed by atoms with Crippen molar-refractivity contribution in [3.05, 3.63) is 65.9 Å². The number of aryl methyl sites for hydroxylation is 1. The van der Waals surface area contributed by atoms with E-state index < -0.39 is 10.0 Å². The molecule has 1 heterocycles. The number of hydrogen-bond donors (Lipinski definition) is 2. The van der Waals surface area contributed by atoms with Gasteiger partial charge in [0.1, 0.15) is 11.5 Å². The Bertz CT molecular complexity index is 1120. The van der Waals surface area contributed by atoms with Crippen LogP contribution in [0.25, 0.3) is 0 Å². The maximum Gasteiger partial charge on any atom is 0.263 e. The smallest absolute Gasteiger partial charge is 0.263 e. The summed E-state index contributed by atoms with van der Waals surface area (Å²) >= 11 is 0. The van der Waals surface area contributed by atoms with E-state index >= 15 is 0 Å². The Labute approximate surface area is 181 Å². The summed E-state index contributed by atoms with van der Waals surface area (Å²) in [5, 5.41) is 6.39. The van der Waals surface area contributed by atoms with Crippen LogP contribution in [-0.4, -0.2) is 26.1 Å². The summed E-state index contributed by atoms with van der Waals surface area (Å²) in [7, 11) is -3.82. The average molecular weight is 444 g/mol. The first-order chi connectivity index (χ1) is 14.9. The summed E-state index contributed by atoms with van der Waals surface area (Å²) in [6, 6.07) is 14.3. The summed E-state index contributed by atoms with van der Waals surface area (Å²) in [5.41, 5.74) is 0.876. The van der Waals surface area contributed by atoms with Crippen molar-refractivity contribution in [1.29, 1.82) is 0 Å². The van der Waals surface area contributed by atoms with Crippen LogP contribution >= 0.6 is 0 Å². The summed E-state index contributed by atoms with van der Waals surface area (Å²) in [5.74, 6) is 0.774. The third kappa shape index (κ3) is 6.08. The maximum atomic E-state index is 12.7. The third-order valence-corrected chi connectivity index (χ3v) is 5.80. The molecule has 0 fully saturated rings. The normalized spacial score (nSPS) is 11.2. The van der Waals surface area contributed by atoms with E-state index in [0.29, 0.717) is 29.4 Å².